The quantitative estimate of drug-likeness (QED) is 0.864. The molecule has 1 aliphatic carbocycles. The first-order chi connectivity index (χ1) is 12.0. The number of rotatable bonds is 5. The Morgan fingerprint density at radius 2 is 1.84 bits per heavy atom. The largest absolute Gasteiger partial charge is 0.349 e. The number of hydrogen-bond acceptors (Lipinski definition) is 3. The predicted molar refractivity (Wildman–Crippen MR) is 98.4 cm³/mol. The van der Waals surface area contributed by atoms with E-state index in [0.717, 1.165) is 24.8 Å². The lowest BCUT2D eigenvalue weighted by Crippen LogP contribution is -2.32. The van der Waals surface area contributed by atoms with E-state index in [-0.39, 0.29) is 29.0 Å². The third kappa shape index (κ3) is 4.41. The fourth-order valence-corrected chi connectivity index (χ4v) is 4.52. The van der Waals surface area contributed by atoms with Gasteiger partial charge in [-0.3, -0.25) is 4.79 Å². The highest BCUT2D eigenvalue weighted by Crippen LogP contribution is 2.29. The summed E-state index contributed by atoms with van der Waals surface area (Å²) in [6.07, 6.45) is 2.87. The zero-order valence-corrected chi connectivity index (χ0v) is 15.3. The van der Waals surface area contributed by atoms with Crippen LogP contribution in [-0.4, -0.2) is 20.1 Å². The summed E-state index contributed by atoms with van der Waals surface area (Å²) in [4.78, 5) is 12.4. The van der Waals surface area contributed by atoms with Gasteiger partial charge in [0.05, 0.1) is 16.7 Å². The number of nitrogens with one attached hydrogen (secondary N) is 1. The van der Waals surface area contributed by atoms with Gasteiger partial charge in [-0.15, -0.1) is 0 Å². The highest BCUT2D eigenvalue weighted by atomic mass is 35.5. The van der Waals surface area contributed by atoms with Crippen molar-refractivity contribution in [2.75, 3.05) is 5.75 Å². The highest BCUT2D eigenvalue weighted by Gasteiger charge is 2.22. The van der Waals surface area contributed by atoms with Gasteiger partial charge in [0.15, 0.2) is 9.84 Å². The van der Waals surface area contributed by atoms with Crippen molar-refractivity contribution in [1.82, 2.24) is 5.32 Å². The van der Waals surface area contributed by atoms with Gasteiger partial charge in [0.2, 0.25) is 5.91 Å². The molecule has 1 amide bonds. The van der Waals surface area contributed by atoms with E-state index in [1.165, 1.54) is 29.8 Å². The van der Waals surface area contributed by atoms with Crippen molar-refractivity contribution in [3.63, 3.8) is 0 Å². The smallest absolute Gasteiger partial charge is 0.221 e. The molecule has 0 spiro atoms. The minimum Gasteiger partial charge on any atom is -0.349 e. The fourth-order valence-electron chi connectivity index (χ4n) is 3.16. The summed E-state index contributed by atoms with van der Waals surface area (Å²) in [5, 5.41) is 3.46. The van der Waals surface area contributed by atoms with Crippen LogP contribution in [0.4, 0.5) is 0 Å². The van der Waals surface area contributed by atoms with Crippen LogP contribution in [0.1, 0.15) is 36.4 Å². The molecule has 0 radical (unpaired) electrons. The molecule has 0 saturated carbocycles. The standard InChI is InChI=1S/C19H20ClNO3S/c20-15-8-10-16(11-9-15)25(23,24)13-12-19(22)21-18-7-3-5-14-4-1-2-6-17(14)18/h1-2,4,6,8-11,18H,3,5,7,12-13H2,(H,21,22). The molecule has 0 saturated heterocycles. The van der Waals surface area contributed by atoms with E-state index < -0.39 is 9.84 Å². The number of benzene rings is 2. The SMILES string of the molecule is O=C(CCS(=O)(=O)c1ccc(Cl)cc1)NC1CCCc2ccccc21. The second-order valence-corrected chi connectivity index (χ2v) is 8.78. The lowest BCUT2D eigenvalue weighted by Gasteiger charge is -2.26. The zero-order valence-electron chi connectivity index (χ0n) is 13.7. The van der Waals surface area contributed by atoms with Crippen molar-refractivity contribution in [1.29, 1.82) is 0 Å². The third-order valence-corrected chi connectivity index (χ3v) is 6.46. The zero-order chi connectivity index (χ0) is 17.9. The molecule has 0 aliphatic heterocycles. The van der Waals surface area contributed by atoms with Crippen LogP contribution in [0.25, 0.3) is 0 Å². The van der Waals surface area contributed by atoms with Gasteiger partial charge in [-0.2, -0.15) is 0 Å². The minimum atomic E-state index is -3.49. The average Bonchev–Trinajstić information content (AvgIpc) is 2.61. The Labute approximate surface area is 153 Å². The van der Waals surface area contributed by atoms with E-state index in [0.29, 0.717) is 5.02 Å². The van der Waals surface area contributed by atoms with Gasteiger partial charge < -0.3 is 5.32 Å². The Balaban J connectivity index is 1.61. The van der Waals surface area contributed by atoms with Gasteiger partial charge in [-0.25, -0.2) is 8.42 Å². The summed E-state index contributed by atoms with van der Waals surface area (Å²) < 4.78 is 24.6. The topological polar surface area (TPSA) is 63.2 Å². The van der Waals surface area contributed by atoms with Crippen LogP contribution in [-0.2, 0) is 21.1 Å². The van der Waals surface area contributed by atoms with Crippen LogP contribution in [0.3, 0.4) is 0 Å². The molecule has 0 bridgehead atoms. The normalized spacial score (nSPS) is 16.9. The summed E-state index contributed by atoms with van der Waals surface area (Å²) >= 11 is 5.78. The summed E-state index contributed by atoms with van der Waals surface area (Å²) in [6, 6.07) is 14.1. The number of sulfone groups is 1. The number of carbonyl (C=O) groups is 1. The average molecular weight is 378 g/mol. The monoisotopic (exact) mass is 377 g/mol. The number of amides is 1. The molecule has 132 valence electrons. The molecule has 0 aromatic heterocycles. The van der Waals surface area contributed by atoms with Crippen LogP contribution in [0.2, 0.25) is 5.02 Å². The second-order valence-electron chi connectivity index (χ2n) is 6.23. The molecule has 3 rings (SSSR count). The molecule has 4 nitrogen and oxygen atoms in total. The van der Waals surface area contributed by atoms with E-state index in [1.54, 1.807) is 0 Å². The van der Waals surface area contributed by atoms with Crippen LogP contribution >= 0.6 is 11.6 Å². The van der Waals surface area contributed by atoms with Crippen molar-refractivity contribution < 1.29 is 13.2 Å². The Morgan fingerprint density at radius 1 is 1.12 bits per heavy atom. The van der Waals surface area contributed by atoms with Gasteiger partial charge in [-0.1, -0.05) is 35.9 Å². The number of aryl methyl sites for hydroxylation is 1. The first-order valence-electron chi connectivity index (χ1n) is 8.31. The maximum atomic E-state index is 12.3. The third-order valence-electron chi connectivity index (χ3n) is 4.48. The van der Waals surface area contributed by atoms with Crippen molar-refractivity contribution in [3.8, 4) is 0 Å². The molecule has 25 heavy (non-hydrogen) atoms. The van der Waals surface area contributed by atoms with Crippen LogP contribution < -0.4 is 5.32 Å². The molecule has 1 aliphatic rings. The van der Waals surface area contributed by atoms with Crippen molar-refractivity contribution in [2.45, 2.75) is 36.6 Å². The maximum Gasteiger partial charge on any atom is 0.221 e. The second kappa shape index (κ2) is 7.58. The molecule has 0 fully saturated rings. The molecule has 1 N–H and O–H groups in total. The van der Waals surface area contributed by atoms with Gasteiger partial charge >= 0.3 is 0 Å². The lowest BCUT2D eigenvalue weighted by atomic mass is 9.88. The van der Waals surface area contributed by atoms with E-state index in [9.17, 15) is 13.2 Å². The van der Waals surface area contributed by atoms with Crippen LogP contribution in [0.15, 0.2) is 53.4 Å². The van der Waals surface area contributed by atoms with Gasteiger partial charge in [-0.05, 0) is 54.7 Å². The number of fused-ring (bicyclic) bond motifs is 1. The molecule has 1 unspecified atom stereocenters. The van der Waals surface area contributed by atoms with Gasteiger partial charge in [0, 0.05) is 11.4 Å². The molecule has 0 heterocycles. The molecule has 2 aromatic carbocycles. The van der Waals surface area contributed by atoms with E-state index >= 15 is 0 Å². The van der Waals surface area contributed by atoms with Crippen molar-refractivity contribution >= 4 is 27.3 Å². The molecular weight excluding hydrogens is 358 g/mol. The Hall–Kier alpha value is -1.85. The van der Waals surface area contributed by atoms with Crippen molar-refractivity contribution in [3.05, 3.63) is 64.7 Å². The number of halogens is 1. The first-order valence-corrected chi connectivity index (χ1v) is 10.3. The Morgan fingerprint density at radius 3 is 2.60 bits per heavy atom. The lowest BCUT2D eigenvalue weighted by molar-refractivity contribution is -0.121. The number of carbonyl (C=O) groups excluding carboxylic acids is 1. The van der Waals surface area contributed by atoms with E-state index in [1.807, 2.05) is 18.2 Å². The van der Waals surface area contributed by atoms with Crippen molar-refractivity contribution in [2.24, 2.45) is 0 Å². The van der Waals surface area contributed by atoms with E-state index in [2.05, 4.69) is 11.4 Å². The highest BCUT2D eigenvalue weighted by molar-refractivity contribution is 7.91. The first kappa shape index (κ1) is 18.0. The molecule has 2 aromatic rings. The maximum absolute atomic E-state index is 12.3. The molecular formula is C19H20ClNO3S. The number of hydrogen-bond donors (Lipinski definition) is 1. The summed E-state index contributed by atoms with van der Waals surface area (Å²) in [7, 11) is -3.49. The van der Waals surface area contributed by atoms with Crippen LogP contribution in [0.5, 0.6) is 0 Å². The Bertz CT molecular complexity index is 862. The summed E-state index contributed by atoms with van der Waals surface area (Å²) in [5.74, 6) is -0.450. The Kier molecular flexibility index (Phi) is 5.45. The van der Waals surface area contributed by atoms with Gasteiger partial charge in [0.1, 0.15) is 0 Å². The van der Waals surface area contributed by atoms with E-state index in [4.69, 9.17) is 11.6 Å². The minimum absolute atomic E-state index is 0.0318. The predicted octanol–water partition coefficient (Wildman–Crippen LogP) is 3.70. The fraction of sp³-hybridized carbons (Fsp3) is 0.316. The van der Waals surface area contributed by atoms with Crippen LogP contribution in [0, 0.1) is 0 Å². The molecule has 1 atom stereocenters. The molecule has 6 heteroatoms. The summed E-state index contributed by atoms with van der Waals surface area (Å²) in [6.45, 7) is 0. The van der Waals surface area contributed by atoms with Gasteiger partial charge in [0.25, 0.3) is 0 Å². The summed E-state index contributed by atoms with van der Waals surface area (Å²) in [5.41, 5.74) is 2.40.